The third-order valence-corrected chi connectivity index (χ3v) is 4.46. The lowest BCUT2D eigenvalue weighted by Crippen LogP contribution is -2.26. The number of benzene rings is 1. The van der Waals surface area contributed by atoms with E-state index in [1.165, 1.54) is 12.1 Å². The minimum atomic E-state index is -1.29. The smallest absolute Gasteiger partial charge is 0.258 e. The second-order valence-corrected chi connectivity index (χ2v) is 6.20. The van der Waals surface area contributed by atoms with E-state index >= 15 is 0 Å². The van der Waals surface area contributed by atoms with Crippen molar-refractivity contribution in [2.75, 3.05) is 0 Å². The lowest BCUT2D eigenvalue weighted by molar-refractivity contribution is 0.425. The first-order valence-corrected chi connectivity index (χ1v) is 8.79. The summed E-state index contributed by atoms with van der Waals surface area (Å²) in [5.41, 5.74) is -1.77. The van der Waals surface area contributed by atoms with E-state index in [0.717, 1.165) is 0 Å². The fourth-order valence-electron chi connectivity index (χ4n) is 3.07. The predicted molar refractivity (Wildman–Crippen MR) is 101 cm³/mol. The minimum Gasteiger partial charge on any atom is -0.508 e. The highest BCUT2D eigenvalue weighted by atomic mass is 16.3. The number of rotatable bonds is 5. The van der Waals surface area contributed by atoms with Gasteiger partial charge in [-0.3, -0.25) is 9.59 Å². The zero-order chi connectivity index (χ0) is 20.4. The molecule has 2 aromatic heterocycles. The summed E-state index contributed by atoms with van der Waals surface area (Å²) in [5.74, 6) is -2.16. The van der Waals surface area contributed by atoms with Gasteiger partial charge in [-0.1, -0.05) is 32.0 Å². The number of para-hydroxylation sites is 1. The van der Waals surface area contributed by atoms with Gasteiger partial charge in [0.05, 0.1) is 17.0 Å². The summed E-state index contributed by atoms with van der Waals surface area (Å²) < 4.78 is 0. The number of aromatic nitrogens is 4. The van der Waals surface area contributed by atoms with E-state index < -0.39 is 28.8 Å². The zero-order valence-electron chi connectivity index (χ0n) is 15.4. The van der Waals surface area contributed by atoms with Crippen molar-refractivity contribution < 1.29 is 15.3 Å². The van der Waals surface area contributed by atoms with Crippen molar-refractivity contribution in [3.05, 3.63) is 73.3 Å². The van der Waals surface area contributed by atoms with Crippen LogP contribution in [0.15, 0.2) is 33.9 Å². The van der Waals surface area contributed by atoms with Crippen molar-refractivity contribution in [2.45, 2.75) is 32.6 Å². The lowest BCUT2D eigenvalue weighted by atomic mass is 9.86. The summed E-state index contributed by atoms with van der Waals surface area (Å²) in [7, 11) is 0. The molecule has 0 atom stereocenters. The lowest BCUT2D eigenvalue weighted by Gasteiger charge is -2.19. The van der Waals surface area contributed by atoms with Crippen LogP contribution in [0.25, 0.3) is 0 Å². The van der Waals surface area contributed by atoms with Crippen molar-refractivity contribution in [2.24, 2.45) is 0 Å². The van der Waals surface area contributed by atoms with Gasteiger partial charge in [0.15, 0.2) is 0 Å². The third kappa shape index (κ3) is 3.34. The molecule has 146 valence electrons. The van der Waals surface area contributed by atoms with E-state index in [1.54, 1.807) is 26.0 Å². The maximum absolute atomic E-state index is 12.7. The van der Waals surface area contributed by atoms with Crippen LogP contribution in [-0.2, 0) is 12.8 Å². The Kier molecular flexibility index (Phi) is 5.16. The van der Waals surface area contributed by atoms with Crippen molar-refractivity contribution in [3.8, 4) is 17.5 Å². The molecule has 28 heavy (non-hydrogen) atoms. The Morgan fingerprint density at radius 2 is 1.32 bits per heavy atom. The Morgan fingerprint density at radius 3 is 1.71 bits per heavy atom. The number of phenolic OH excluding ortho intramolecular Hbond substituents is 1. The van der Waals surface area contributed by atoms with Gasteiger partial charge in [-0.05, 0) is 6.07 Å². The predicted octanol–water partition coefficient (Wildman–Crippen LogP) is 1.27. The SMILES string of the molecule is CCc1nc(O)c(C(c2ccccc2O)c2c(O)nc(CC)[nH]c2=O)c(=O)[nH]1. The molecule has 5 N–H and O–H groups in total. The van der Waals surface area contributed by atoms with Crippen LogP contribution in [-0.4, -0.2) is 35.3 Å². The molecule has 2 heterocycles. The Balaban J connectivity index is 2.39. The number of phenols is 1. The first-order valence-electron chi connectivity index (χ1n) is 8.79. The molecule has 9 heteroatoms. The van der Waals surface area contributed by atoms with Gasteiger partial charge in [0, 0.05) is 18.4 Å². The monoisotopic (exact) mass is 384 g/mol. The highest BCUT2D eigenvalue weighted by Gasteiger charge is 2.32. The average molecular weight is 384 g/mol. The molecule has 3 aromatic rings. The maximum Gasteiger partial charge on any atom is 0.258 e. The fraction of sp³-hybridized carbons (Fsp3) is 0.263. The summed E-state index contributed by atoms with van der Waals surface area (Å²) >= 11 is 0. The van der Waals surface area contributed by atoms with Gasteiger partial charge in [0.25, 0.3) is 11.1 Å². The van der Waals surface area contributed by atoms with Crippen molar-refractivity contribution in [1.82, 2.24) is 19.9 Å². The number of aromatic amines is 2. The summed E-state index contributed by atoms with van der Waals surface area (Å²) in [6, 6.07) is 6.03. The van der Waals surface area contributed by atoms with Crippen LogP contribution in [0.1, 0.15) is 48.1 Å². The molecule has 9 nitrogen and oxygen atoms in total. The van der Waals surface area contributed by atoms with Crippen LogP contribution in [0.4, 0.5) is 0 Å². The van der Waals surface area contributed by atoms with E-state index in [0.29, 0.717) is 12.8 Å². The Labute approximate surface area is 159 Å². The van der Waals surface area contributed by atoms with E-state index in [9.17, 15) is 24.9 Å². The number of nitrogens with zero attached hydrogens (tertiary/aromatic N) is 2. The Bertz CT molecular complexity index is 1070. The Morgan fingerprint density at radius 1 is 0.857 bits per heavy atom. The standard InChI is InChI=1S/C19H20N4O5/c1-3-11-20-16(25)14(17(26)21-11)13(9-7-5-6-8-10(9)24)15-18(27)22-12(4-2)23-19(15)28/h5-8,13,24H,3-4H2,1-2H3,(H2,20,21,25,26)(H2,22,23,27,28). The minimum absolute atomic E-state index is 0.140. The molecule has 3 rings (SSSR count). The van der Waals surface area contributed by atoms with Gasteiger partial charge in [0.1, 0.15) is 17.4 Å². The molecule has 0 aliphatic carbocycles. The number of aryl methyl sites for hydroxylation is 2. The van der Waals surface area contributed by atoms with Crippen molar-refractivity contribution >= 4 is 0 Å². The third-order valence-electron chi connectivity index (χ3n) is 4.46. The first-order chi connectivity index (χ1) is 13.4. The molecular formula is C19H20N4O5. The van der Waals surface area contributed by atoms with Gasteiger partial charge >= 0.3 is 0 Å². The van der Waals surface area contributed by atoms with Crippen LogP contribution in [0, 0.1) is 0 Å². The van der Waals surface area contributed by atoms with Crippen LogP contribution < -0.4 is 11.1 Å². The van der Waals surface area contributed by atoms with Gasteiger partial charge < -0.3 is 25.3 Å². The van der Waals surface area contributed by atoms with Gasteiger partial charge in [-0.15, -0.1) is 0 Å². The second-order valence-electron chi connectivity index (χ2n) is 6.20. The van der Waals surface area contributed by atoms with Crippen molar-refractivity contribution in [1.29, 1.82) is 0 Å². The number of nitrogens with one attached hydrogen (secondary N) is 2. The molecule has 0 amide bonds. The van der Waals surface area contributed by atoms with Gasteiger partial charge in [-0.25, -0.2) is 9.97 Å². The molecule has 0 spiro atoms. The van der Waals surface area contributed by atoms with E-state index in [1.807, 2.05) is 0 Å². The van der Waals surface area contributed by atoms with Gasteiger partial charge in [0.2, 0.25) is 11.8 Å². The normalized spacial score (nSPS) is 11.1. The number of hydrogen-bond donors (Lipinski definition) is 5. The number of H-pyrrole nitrogens is 2. The Hall–Kier alpha value is -3.62. The molecule has 0 saturated heterocycles. The first kappa shape index (κ1) is 19.2. The molecule has 0 aliphatic rings. The number of aromatic hydroxyl groups is 3. The highest BCUT2D eigenvalue weighted by molar-refractivity contribution is 5.52. The molecule has 0 aliphatic heterocycles. The molecular weight excluding hydrogens is 364 g/mol. The average Bonchev–Trinajstić information content (AvgIpc) is 2.65. The van der Waals surface area contributed by atoms with Gasteiger partial charge in [-0.2, -0.15) is 0 Å². The van der Waals surface area contributed by atoms with Crippen LogP contribution in [0.3, 0.4) is 0 Å². The number of hydrogen-bond acceptors (Lipinski definition) is 7. The van der Waals surface area contributed by atoms with Crippen molar-refractivity contribution in [3.63, 3.8) is 0 Å². The van der Waals surface area contributed by atoms with Crippen LogP contribution in [0.2, 0.25) is 0 Å². The summed E-state index contributed by atoms with van der Waals surface area (Å²) in [4.78, 5) is 38.4. The summed E-state index contributed by atoms with van der Waals surface area (Å²) in [6.07, 6.45) is 0.756. The zero-order valence-corrected chi connectivity index (χ0v) is 15.4. The molecule has 0 fully saturated rings. The summed E-state index contributed by atoms with van der Waals surface area (Å²) in [5, 5.41) is 31.2. The van der Waals surface area contributed by atoms with Crippen LogP contribution in [0.5, 0.6) is 17.5 Å². The van der Waals surface area contributed by atoms with E-state index in [4.69, 9.17) is 0 Å². The fourth-order valence-corrected chi connectivity index (χ4v) is 3.07. The topological polar surface area (TPSA) is 152 Å². The second kappa shape index (κ2) is 7.55. The summed E-state index contributed by atoms with van der Waals surface area (Å²) in [6.45, 7) is 3.50. The maximum atomic E-state index is 12.7. The quantitative estimate of drug-likeness (QED) is 0.444. The van der Waals surface area contributed by atoms with Crippen LogP contribution >= 0.6 is 0 Å². The molecule has 0 bridgehead atoms. The largest absolute Gasteiger partial charge is 0.508 e. The highest BCUT2D eigenvalue weighted by Crippen LogP contribution is 2.39. The van der Waals surface area contributed by atoms with E-state index in [-0.39, 0.29) is 34.1 Å². The molecule has 0 unspecified atom stereocenters. The molecule has 0 saturated carbocycles. The van der Waals surface area contributed by atoms with E-state index in [2.05, 4.69) is 19.9 Å². The molecule has 1 aromatic carbocycles. The molecule has 0 radical (unpaired) electrons.